The SMILES string of the molecule is C#CCCNC(=O)c1cc(-c2cccc(OC)c2)n[nH]1. The van der Waals surface area contributed by atoms with Crippen molar-refractivity contribution in [2.45, 2.75) is 6.42 Å². The molecule has 5 nitrogen and oxygen atoms in total. The molecule has 2 N–H and O–H groups in total. The Kier molecular flexibility index (Phi) is 4.40. The number of nitrogens with one attached hydrogen (secondary N) is 2. The fraction of sp³-hybridized carbons (Fsp3) is 0.200. The number of H-pyrrole nitrogens is 1. The van der Waals surface area contributed by atoms with Crippen LogP contribution in [0.1, 0.15) is 16.9 Å². The van der Waals surface area contributed by atoms with Crippen molar-refractivity contribution in [2.75, 3.05) is 13.7 Å². The summed E-state index contributed by atoms with van der Waals surface area (Å²) < 4.78 is 5.16. The van der Waals surface area contributed by atoms with Gasteiger partial charge in [0.15, 0.2) is 0 Å². The molecule has 0 saturated carbocycles. The first kappa shape index (κ1) is 13.7. The van der Waals surface area contributed by atoms with Crippen LogP contribution in [0.5, 0.6) is 5.75 Å². The van der Waals surface area contributed by atoms with Gasteiger partial charge in [-0.05, 0) is 18.2 Å². The quantitative estimate of drug-likeness (QED) is 0.643. The molecule has 0 aliphatic carbocycles. The van der Waals surface area contributed by atoms with E-state index < -0.39 is 0 Å². The van der Waals surface area contributed by atoms with Crippen molar-refractivity contribution in [1.29, 1.82) is 0 Å². The summed E-state index contributed by atoms with van der Waals surface area (Å²) in [5, 5.41) is 9.55. The topological polar surface area (TPSA) is 67.0 Å². The van der Waals surface area contributed by atoms with Gasteiger partial charge in [-0.25, -0.2) is 0 Å². The summed E-state index contributed by atoms with van der Waals surface area (Å²) in [5.74, 6) is 2.98. The van der Waals surface area contributed by atoms with Gasteiger partial charge in [0.1, 0.15) is 11.4 Å². The minimum absolute atomic E-state index is 0.220. The van der Waals surface area contributed by atoms with Crippen molar-refractivity contribution >= 4 is 5.91 Å². The van der Waals surface area contributed by atoms with Gasteiger partial charge in [0.2, 0.25) is 0 Å². The number of carbonyl (C=O) groups is 1. The van der Waals surface area contributed by atoms with E-state index >= 15 is 0 Å². The number of terminal acetylenes is 1. The first-order chi connectivity index (χ1) is 9.74. The number of carbonyl (C=O) groups excluding carboxylic acids is 1. The summed E-state index contributed by atoms with van der Waals surface area (Å²) in [7, 11) is 1.61. The smallest absolute Gasteiger partial charge is 0.269 e. The number of aromatic amines is 1. The fourth-order valence-corrected chi connectivity index (χ4v) is 1.71. The van der Waals surface area contributed by atoms with Gasteiger partial charge in [0, 0.05) is 18.5 Å². The van der Waals surface area contributed by atoms with Gasteiger partial charge in [0.25, 0.3) is 5.91 Å². The Hall–Kier alpha value is -2.74. The fourth-order valence-electron chi connectivity index (χ4n) is 1.71. The van der Waals surface area contributed by atoms with Gasteiger partial charge < -0.3 is 10.1 Å². The molecular weight excluding hydrogens is 254 g/mol. The first-order valence-corrected chi connectivity index (χ1v) is 6.16. The van der Waals surface area contributed by atoms with Crippen LogP contribution in [0.4, 0.5) is 0 Å². The number of hydrogen-bond acceptors (Lipinski definition) is 3. The summed E-state index contributed by atoms with van der Waals surface area (Å²) >= 11 is 0. The number of nitrogens with zero attached hydrogens (tertiary/aromatic N) is 1. The van der Waals surface area contributed by atoms with E-state index in [-0.39, 0.29) is 5.91 Å². The normalized spacial score (nSPS) is 9.80. The molecule has 0 aliphatic rings. The first-order valence-electron chi connectivity index (χ1n) is 6.16. The summed E-state index contributed by atoms with van der Waals surface area (Å²) in [5.41, 5.74) is 1.97. The van der Waals surface area contributed by atoms with Crippen LogP contribution in [0.2, 0.25) is 0 Å². The van der Waals surface area contributed by atoms with E-state index in [4.69, 9.17) is 11.2 Å². The molecule has 0 aliphatic heterocycles. The summed E-state index contributed by atoms with van der Waals surface area (Å²) in [6, 6.07) is 9.17. The number of hydrogen-bond donors (Lipinski definition) is 2. The largest absolute Gasteiger partial charge is 0.497 e. The van der Waals surface area contributed by atoms with Gasteiger partial charge in [0.05, 0.1) is 12.8 Å². The molecule has 1 aromatic carbocycles. The zero-order chi connectivity index (χ0) is 14.4. The molecule has 0 fully saturated rings. The highest BCUT2D eigenvalue weighted by molar-refractivity contribution is 5.93. The molecule has 2 rings (SSSR count). The van der Waals surface area contributed by atoms with Gasteiger partial charge in [-0.15, -0.1) is 12.3 Å². The standard InChI is InChI=1S/C15H15N3O2/c1-3-4-8-16-15(19)14-10-13(17-18-14)11-6-5-7-12(9-11)20-2/h1,5-7,9-10H,4,8H2,2H3,(H,16,19)(H,17,18). The Morgan fingerprint density at radius 3 is 3.10 bits per heavy atom. The van der Waals surface area contributed by atoms with Crippen LogP contribution in [0.3, 0.4) is 0 Å². The average molecular weight is 269 g/mol. The summed E-state index contributed by atoms with van der Waals surface area (Å²) in [4.78, 5) is 11.8. The Balaban J connectivity index is 2.12. The Morgan fingerprint density at radius 2 is 2.35 bits per heavy atom. The summed E-state index contributed by atoms with van der Waals surface area (Å²) in [6.45, 7) is 0.447. The van der Waals surface area contributed by atoms with E-state index in [2.05, 4.69) is 21.4 Å². The maximum Gasteiger partial charge on any atom is 0.269 e. The van der Waals surface area contributed by atoms with Crippen molar-refractivity contribution in [3.05, 3.63) is 36.0 Å². The predicted molar refractivity (Wildman–Crippen MR) is 76.4 cm³/mol. The van der Waals surface area contributed by atoms with Crippen LogP contribution in [-0.4, -0.2) is 29.8 Å². The molecular formula is C15H15N3O2. The number of aromatic nitrogens is 2. The third-order valence-corrected chi connectivity index (χ3v) is 2.74. The summed E-state index contributed by atoms with van der Waals surface area (Å²) in [6.07, 6.45) is 5.63. The van der Waals surface area contributed by atoms with Gasteiger partial charge in [-0.3, -0.25) is 9.89 Å². The molecule has 5 heteroatoms. The zero-order valence-corrected chi connectivity index (χ0v) is 11.1. The van der Waals surface area contributed by atoms with Gasteiger partial charge in [-0.1, -0.05) is 12.1 Å². The van der Waals surface area contributed by atoms with Crippen molar-refractivity contribution in [1.82, 2.24) is 15.5 Å². The molecule has 2 aromatic rings. The maximum atomic E-state index is 11.8. The van der Waals surface area contributed by atoms with Crippen LogP contribution in [0.15, 0.2) is 30.3 Å². The third kappa shape index (κ3) is 3.18. The molecule has 0 radical (unpaired) electrons. The minimum Gasteiger partial charge on any atom is -0.497 e. The van der Waals surface area contributed by atoms with E-state index in [9.17, 15) is 4.79 Å². The van der Waals surface area contributed by atoms with Gasteiger partial charge >= 0.3 is 0 Å². The van der Waals surface area contributed by atoms with Crippen LogP contribution < -0.4 is 10.1 Å². The second-order valence-corrected chi connectivity index (χ2v) is 4.11. The highest BCUT2D eigenvalue weighted by Crippen LogP contribution is 2.22. The van der Waals surface area contributed by atoms with Crippen molar-refractivity contribution in [3.8, 4) is 29.4 Å². The van der Waals surface area contributed by atoms with Crippen LogP contribution in [0, 0.1) is 12.3 Å². The number of rotatable bonds is 5. The molecule has 1 heterocycles. The lowest BCUT2D eigenvalue weighted by molar-refractivity contribution is 0.0949. The predicted octanol–water partition coefficient (Wildman–Crippen LogP) is 1.84. The highest BCUT2D eigenvalue weighted by atomic mass is 16.5. The van der Waals surface area contributed by atoms with Crippen molar-refractivity contribution in [2.24, 2.45) is 0 Å². The lowest BCUT2D eigenvalue weighted by atomic mass is 10.1. The molecule has 102 valence electrons. The molecule has 1 amide bonds. The highest BCUT2D eigenvalue weighted by Gasteiger charge is 2.10. The molecule has 0 spiro atoms. The van der Waals surface area contributed by atoms with E-state index in [1.165, 1.54) is 0 Å². The number of benzene rings is 1. The number of methoxy groups -OCH3 is 1. The molecule has 20 heavy (non-hydrogen) atoms. The minimum atomic E-state index is -0.220. The Labute approximate surface area is 117 Å². The third-order valence-electron chi connectivity index (χ3n) is 2.74. The molecule has 0 saturated heterocycles. The second-order valence-electron chi connectivity index (χ2n) is 4.11. The molecule has 0 unspecified atom stereocenters. The lowest BCUT2D eigenvalue weighted by Gasteiger charge is -2.01. The second kappa shape index (κ2) is 6.43. The van der Waals surface area contributed by atoms with Crippen LogP contribution in [0.25, 0.3) is 11.3 Å². The van der Waals surface area contributed by atoms with Crippen LogP contribution >= 0.6 is 0 Å². The molecule has 0 bridgehead atoms. The zero-order valence-electron chi connectivity index (χ0n) is 11.1. The molecule has 0 atom stereocenters. The monoisotopic (exact) mass is 269 g/mol. The van der Waals surface area contributed by atoms with E-state index in [1.54, 1.807) is 13.2 Å². The van der Waals surface area contributed by atoms with Crippen molar-refractivity contribution < 1.29 is 9.53 Å². The van der Waals surface area contributed by atoms with Crippen LogP contribution in [-0.2, 0) is 0 Å². The maximum absolute atomic E-state index is 11.8. The van der Waals surface area contributed by atoms with Crippen molar-refractivity contribution in [3.63, 3.8) is 0 Å². The molecule has 1 aromatic heterocycles. The number of ether oxygens (including phenoxy) is 1. The number of amides is 1. The Morgan fingerprint density at radius 1 is 1.50 bits per heavy atom. The average Bonchev–Trinajstić information content (AvgIpc) is 2.97. The van der Waals surface area contributed by atoms with E-state index in [0.29, 0.717) is 24.4 Å². The van der Waals surface area contributed by atoms with E-state index in [0.717, 1.165) is 11.3 Å². The van der Waals surface area contributed by atoms with E-state index in [1.807, 2.05) is 24.3 Å². The lowest BCUT2D eigenvalue weighted by Crippen LogP contribution is -2.24. The Bertz CT molecular complexity index is 641. The van der Waals surface area contributed by atoms with Gasteiger partial charge in [-0.2, -0.15) is 5.10 Å².